The van der Waals surface area contributed by atoms with Gasteiger partial charge >= 0.3 is 6.36 Å². The number of nitrogens with zero attached hydrogens (tertiary/aromatic N) is 2. The predicted molar refractivity (Wildman–Crippen MR) is 119 cm³/mol. The van der Waals surface area contributed by atoms with Crippen LogP contribution in [0.1, 0.15) is 37.3 Å². The van der Waals surface area contributed by atoms with Crippen LogP contribution >= 0.6 is 0 Å². The van der Waals surface area contributed by atoms with Crippen molar-refractivity contribution in [1.29, 1.82) is 0 Å². The minimum absolute atomic E-state index is 0.0345. The summed E-state index contributed by atoms with van der Waals surface area (Å²) in [6.45, 7) is 6.06. The van der Waals surface area contributed by atoms with Crippen LogP contribution in [0.15, 0.2) is 54.6 Å². The summed E-state index contributed by atoms with van der Waals surface area (Å²) in [7, 11) is 0. The first-order valence-corrected chi connectivity index (χ1v) is 11.4. The van der Waals surface area contributed by atoms with Gasteiger partial charge in [-0.25, -0.2) is 0 Å². The first-order chi connectivity index (χ1) is 15.7. The third kappa shape index (κ3) is 6.06. The van der Waals surface area contributed by atoms with Crippen molar-refractivity contribution in [3.63, 3.8) is 0 Å². The molecule has 2 aliphatic rings. The average molecular weight is 462 g/mol. The maximum absolute atomic E-state index is 13.1. The second-order valence-corrected chi connectivity index (χ2v) is 9.15. The summed E-state index contributed by atoms with van der Waals surface area (Å²) in [6, 6.07) is 16.4. The summed E-state index contributed by atoms with van der Waals surface area (Å²) in [5, 5.41) is 3.24. The fraction of sp³-hybridized carbons (Fsp3) is 0.480. The van der Waals surface area contributed by atoms with Crippen molar-refractivity contribution in [2.24, 2.45) is 0 Å². The van der Waals surface area contributed by atoms with Crippen LogP contribution in [0, 0.1) is 0 Å². The number of alkyl halides is 3. The molecule has 2 fully saturated rings. The van der Waals surface area contributed by atoms with Gasteiger partial charge in [-0.2, -0.15) is 0 Å². The Hall–Kier alpha value is -2.58. The number of carbonyl (C=O) groups excluding carboxylic acids is 1. The molecule has 1 amide bonds. The number of benzene rings is 2. The SMILES string of the molecule is CC1(C(=O)NC2CCN(Cc3ccccc3)CC2)CCN1Cc1ccc(OC(F)(F)F)cc1. The highest BCUT2D eigenvalue weighted by atomic mass is 19.4. The number of rotatable bonds is 7. The highest BCUT2D eigenvalue weighted by molar-refractivity contribution is 5.87. The molecule has 4 rings (SSSR count). The Morgan fingerprint density at radius 3 is 2.21 bits per heavy atom. The van der Waals surface area contributed by atoms with Crippen molar-refractivity contribution in [2.75, 3.05) is 19.6 Å². The standard InChI is InChI=1S/C25H30F3N3O2/c1-24(13-16-31(24)18-20-7-9-22(10-8-20)33-25(26,27)28)23(32)29-21-11-14-30(15-12-21)17-19-5-3-2-4-6-19/h2-10,21H,11-18H2,1H3,(H,29,32). The molecule has 5 nitrogen and oxygen atoms in total. The zero-order valence-corrected chi connectivity index (χ0v) is 18.8. The molecular weight excluding hydrogens is 431 g/mol. The quantitative estimate of drug-likeness (QED) is 0.667. The van der Waals surface area contributed by atoms with Crippen LogP contribution in [0.4, 0.5) is 13.2 Å². The summed E-state index contributed by atoms with van der Waals surface area (Å²) in [5.74, 6) is -0.207. The monoisotopic (exact) mass is 461 g/mol. The molecule has 178 valence electrons. The van der Waals surface area contributed by atoms with Crippen molar-refractivity contribution in [1.82, 2.24) is 15.1 Å². The van der Waals surface area contributed by atoms with E-state index in [0.29, 0.717) is 6.54 Å². The number of piperidine rings is 1. The maximum Gasteiger partial charge on any atom is 0.573 e. The van der Waals surface area contributed by atoms with E-state index in [1.807, 2.05) is 13.0 Å². The highest BCUT2D eigenvalue weighted by Crippen LogP contribution is 2.33. The number of halogens is 3. The van der Waals surface area contributed by atoms with E-state index in [1.54, 1.807) is 12.1 Å². The summed E-state index contributed by atoms with van der Waals surface area (Å²) in [5.41, 5.74) is 1.55. The Labute approximate surface area is 192 Å². The molecule has 1 atom stereocenters. The molecule has 1 unspecified atom stereocenters. The second kappa shape index (κ2) is 9.73. The lowest BCUT2D eigenvalue weighted by Gasteiger charge is -2.50. The van der Waals surface area contributed by atoms with Gasteiger partial charge in [0.15, 0.2) is 0 Å². The summed E-state index contributed by atoms with van der Waals surface area (Å²) in [4.78, 5) is 17.6. The van der Waals surface area contributed by atoms with Crippen LogP contribution in [0.5, 0.6) is 5.75 Å². The molecule has 1 N–H and O–H groups in total. The summed E-state index contributed by atoms with van der Waals surface area (Å²) in [6.07, 6.45) is -2.08. The molecule has 0 spiro atoms. The number of ether oxygens (including phenoxy) is 1. The number of carbonyl (C=O) groups is 1. The van der Waals surface area contributed by atoms with E-state index in [0.717, 1.165) is 51.0 Å². The molecule has 2 aliphatic heterocycles. The average Bonchev–Trinajstić information content (AvgIpc) is 2.78. The minimum atomic E-state index is -4.70. The molecule has 8 heteroatoms. The Bertz CT molecular complexity index is 928. The molecule has 0 bridgehead atoms. The van der Waals surface area contributed by atoms with Crippen molar-refractivity contribution < 1.29 is 22.7 Å². The van der Waals surface area contributed by atoms with Crippen LogP contribution in [0.25, 0.3) is 0 Å². The lowest BCUT2D eigenvalue weighted by atomic mass is 9.84. The lowest BCUT2D eigenvalue weighted by molar-refractivity contribution is -0.274. The van der Waals surface area contributed by atoms with Gasteiger partial charge in [0, 0.05) is 38.8 Å². The molecular formula is C25H30F3N3O2. The van der Waals surface area contributed by atoms with Gasteiger partial charge in [0.25, 0.3) is 0 Å². The molecule has 0 aliphatic carbocycles. The first kappa shape index (κ1) is 23.6. The summed E-state index contributed by atoms with van der Waals surface area (Å²) < 4.78 is 40.9. The number of hydrogen-bond donors (Lipinski definition) is 1. The third-order valence-corrected chi connectivity index (χ3v) is 6.76. The van der Waals surface area contributed by atoms with Crippen molar-refractivity contribution >= 4 is 5.91 Å². The lowest BCUT2D eigenvalue weighted by Crippen LogP contribution is -2.66. The highest BCUT2D eigenvalue weighted by Gasteiger charge is 2.47. The van der Waals surface area contributed by atoms with Gasteiger partial charge < -0.3 is 10.1 Å². The number of amides is 1. The van der Waals surface area contributed by atoms with Crippen LogP contribution in [-0.4, -0.2) is 53.3 Å². The Kier molecular flexibility index (Phi) is 6.95. The third-order valence-electron chi connectivity index (χ3n) is 6.76. The van der Waals surface area contributed by atoms with Crippen LogP contribution in [0.3, 0.4) is 0 Å². The largest absolute Gasteiger partial charge is 0.573 e. The van der Waals surface area contributed by atoms with Crippen LogP contribution in [0.2, 0.25) is 0 Å². The van der Waals surface area contributed by atoms with Gasteiger partial charge in [-0.1, -0.05) is 42.5 Å². The van der Waals surface area contributed by atoms with Crippen molar-refractivity contribution in [2.45, 2.75) is 57.2 Å². The van der Waals surface area contributed by atoms with E-state index in [4.69, 9.17) is 0 Å². The fourth-order valence-corrected chi connectivity index (χ4v) is 4.55. The Morgan fingerprint density at radius 2 is 1.64 bits per heavy atom. The maximum atomic E-state index is 13.1. The smallest absolute Gasteiger partial charge is 0.406 e. The predicted octanol–water partition coefficient (Wildman–Crippen LogP) is 4.33. The van der Waals surface area contributed by atoms with Crippen molar-refractivity contribution in [3.8, 4) is 5.75 Å². The van der Waals surface area contributed by atoms with Gasteiger partial charge in [-0.3, -0.25) is 14.6 Å². The van der Waals surface area contributed by atoms with Gasteiger partial charge in [0.05, 0.1) is 5.54 Å². The Balaban J connectivity index is 1.25. The topological polar surface area (TPSA) is 44.8 Å². The molecule has 2 aromatic carbocycles. The zero-order chi connectivity index (χ0) is 23.5. The normalized spacial score (nSPS) is 22.5. The van der Waals surface area contributed by atoms with Crippen LogP contribution < -0.4 is 10.1 Å². The molecule has 2 heterocycles. The van der Waals surface area contributed by atoms with E-state index in [-0.39, 0.29) is 17.7 Å². The van der Waals surface area contributed by atoms with E-state index in [1.165, 1.54) is 17.7 Å². The number of hydrogen-bond acceptors (Lipinski definition) is 4. The molecule has 0 saturated carbocycles. The van der Waals surface area contributed by atoms with Gasteiger partial charge in [-0.15, -0.1) is 13.2 Å². The number of nitrogens with one attached hydrogen (secondary N) is 1. The van der Waals surface area contributed by atoms with Crippen molar-refractivity contribution in [3.05, 3.63) is 65.7 Å². The molecule has 0 radical (unpaired) electrons. The van der Waals surface area contributed by atoms with Gasteiger partial charge in [0.2, 0.25) is 5.91 Å². The molecule has 2 aromatic rings. The zero-order valence-electron chi connectivity index (χ0n) is 18.8. The summed E-state index contributed by atoms with van der Waals surface area (Å²) >= 11 is 0. The molecule has 33 heavy (non-hydrogen) atoms. The van der Waals surface area contributed by atoms with Gasteiger partial charge in [0.1, 0.15) is 5.75 Å². The van der Waals surface area contributed by atoms with E-state index in [2.05, 4.69) is 44.1 Å². The first-order valence-electron chi connectivity index (χ1n) is 11.4. The number of likely N-dealkylation sites (tertiary alicyclic amines) is 2. The second-order valence-electron chi connectivity index (χ2n) is 9.15. The molecule has 0 aromatic heterocycles. The minimum Gasteiger partial charge on any atom is -0.406 e. The van der Waals surface area contributed by atoms with E-state index >= 15 is 0 Å². The molecule has 2 saturated heterocycles. The van der Waals surface area contributed by atoms with Crippen LogP contribution in [-0.2, 0) is 17.9 Å². The fourth-order valence-electron chi connectivity index (χ4n) is 4.55. The Morgan fingerprint density at radius 1 is 1.00 bits per heavy atom. The van der Waals surface area contributed by atoms with Gasteiger partial charge in [-0.05, 0) is 49.4 Å². The van der Waals surface area contributed by atoms with E-state index < -0.39 is 11.9 Å². The van der Waals surface area contributed by atoms with E-state index in [9.17, 15) is 18.0 Å².